The Hall–Kier alpha value is -1.70. The Morgan fingerprint density at radius 1 is 1.28 bits per heavy atom. The fourth-order valence-electron chi connectivity index (χ4n) is 1.88. The van der Waals surface area contributed by atoms with E-state index in [-0.39, 0.29) is 6.04 Å². The van der Waals surface area contributed by atoms with Gasteiger partial charge in [0.05, 0.1) is 17.1 Å². The average molecular weight is 264 g/mol. The van der Waals surface area contributed by atoms with E-state index in [9.17, 15) is 0 Å². The van der Waals surface area contributed by atoms with E-state index in [2.05, 4.69) is 15.0 Å². The summed E-state index contributed by atoms with van der Waals surface area (Å²) in [5.41, 5.74) is 3.75. The molecular weight excluding hydrogens is 252 g/mol. The van der Waals surface area contributed by atoms with Gasteiger partial charge in [-0.25, -0.2) is 5.43 Å². The highest BCUT2D eigenvalue weighted by Gasteiger charge is 2.18. The van der Waals surface area contributed by atoms with Crippen molar-refractivity contribution in [2.45, 2.75) is 6.04 Å². The Balaban J connectivity index is 1.95. The van der Waals surface area contributed by atoms with Crippen molar-refractivity contribution < 1.29 is 9.47 Å². The van der Waals surface area contributed by atoms with Gasteiger partial charge in [0.2, 0.25) is 0 Å². The van der Waals surface area contributed by atoms with Gasteiger partial charge in [-0.2, -0.15) is 0 Å². The molecule has 0 saturated heterocycles. The normalized spacial score (nSPS) is 15.4. The molecule has 0 fully saturated rings. The van der Waals surface area contributed by atoms with Gasteiger partial charge < -0.3 is 9.47 Å². The largest absolute Gasteiger partial charge is 0.486 e. The lowest BCUT2D eigenvalue weighted by atomic mass is 10.1. The number of nitrogens with zero attached hydrogens (tertiary/aromatic N) is 2. The number of benzene rings is 1. The first-order valence-corrected chi connectivity index (χ1v) is 6.29. The summed E-state index contributed by atoms with van der Waals surface area (Å²) in [6.07, 6.45) is 1.70. The molecule has 2 heterocycles. The Morgan fingerprint density at radius 2 is 2.11 bits per heavy atom. The van der Waals surface area contributed by atoms with Crippen LogP contribution in [-0.2, 0) is 0 Å². The van der Waals surface area contributed by atoms with Crippen LogP contribution in [0, 0.1) is 0 Å². The van der Waals surface area contributed by atoms with Gasteiger partial charge in [-0.3, -0.25) is 5.84 Å². The summed E-state index contributed by atoms with van der Waals surface area (Å²) in [5.74, 6) is 7.11. The van der Waals surface area contributed by atoms with Crippen LogP contribution in [-0.4, -0.2) is 22.8 Å². The van der Waals surface area contributed by atoms with Gasteiger partial charge in [0.15, 0.2) is 11.5 Å². The summed E-state index contributed by atoms with van der Waals surface area (Å²) in [5, 5.41) is 3.82. The van der Waals surface area contributed by atoms with Gasteiger partial charge in [0, 0.05) is 0 Å². The highest BCUT2D eigenvalue weighted by molar-refractivity contribution is 7.05. The van der Waals surface area contributed by atoms with Crippen molar-refractivity contribution in [1.29, 1.82) is 0 Å². The first-order valence-electron chi connectivity index (χ1n) is 5.51. The molecule has 18 heavy (non-hydrogen) atoms. The third-order valence-electron chi connectivity index (χ3n) is 2.73. The first kappa shape index (κ1) is 11.4. The molecule has 0 bridgehead atoms. The van der Waals surface area contributed by atoms with Gasteiger partial charge in [0.1, 0.15) is 13.2 Å². The lowest BCUT2D eigenvalue weighted by Crippen LogP contribution is -2.28. The number of nitrogens with one attached hydrogen (secondary N) is 1. The second-order valence-electron chi connectivity index (χ2n) is 3.82. The zero-order chi connectivity index (χ0) is 12.4. The predicted molar refractivity (Wildman–Crippen MR) is 66.5 cm³/mol. The standard InChI is InChI=1S/C11H12N4O2S/c12-14-11(10-6-13-15-18-10)7-1-2-8-9(5-7)17-4-3-16-8/h1-2,5-6,11,14H,3-4,12H2. The molecule has 0 spiro atoms. The van der Waals surface area contributed by atoms with Crippen LogP contribution in [0.15, 0.2) is 24.4 Å². The van der Waals surface area contributed by atoms with E-state index in [0.29, 0.717) is 13.2 Å². The van der Waals surface area contributed by atoms with Crippen molar-refractivity contribution in [3.8, 4) is 11.5 Å². The van der Waals surface area contributed by atoms with E-state index in [1.165, 1.54) is 11.5 Å². The van der Waals surface area contributed by atoms with Crippen molar-refractivity contribution in [1.82, 2.24) is 15.0 Å². The molecule has 1 unspecified atom stereocenters. The Labute approximate surface area is 108 Å². The molecule has 3 N–H and O–H groups in total. The number of aromatic nitrogens is 2. The van der Waals surface area contributed by atoms with Crippen LogP contribution in [0.25, 0.3) is 0 Å². The Bertz CT molecular complexity index is 532. The quantitative estimate of drug-likeness (QED) is 0.632. The van der Waals surface area contributed by atoms with Gasteiger partial charge in [-0.05, 0) is 29.2 Å². The topological polar surface area (TPSA) is 82.3 Å². The minimum absolute atomic E-state index is 0.138. The third-order valence-corrected chi connectivity index (χ3v) is 3.46. The number of ether oxygens (including phenoxy) is 2. The van der Waals surface area contributed by atoms with Crippen LogP contribution in [0.1, 0.15) is 16.5 Å². The van der Waals surface area contributed by atoms with Crippen molar-refractivity contribution in [3.63, 3.8) is 0 Å². The molecule has 7 heteroatoms. The molecule has 0 amide bonds. The summed E-state index contributed by atoms with van der Waals surface area (Å²) in [6, 6.07) is 5.64. The van der Waals surface area contributed by atoms with E-state index < -0.39 is 0 Å². The third kappa shape index (κ3) is 2.03. The molecule has 0 radical (unpaired) electrons. The highest BCUT2D eigenvalue weighted by atomic mass is 32.1. The number of fused-ring (bicyclic) bond motifs is 1. The van der Waals surface area contributed by atoms with Crippen LogP contribution < -0.4 is 20.7 Å². The number of rotatable bonds is 3. The van der Waals surface area contributed by atoms with Crippen molar-refractivity contribution in [2.24, 2.45) is 5.84 Å². The summed E-state index contributed by atoms with van der Waals surface area (Å²) >= 11 is 1.31. The number of nitrogens with two attached hydrogens (primary N) is 1. The molecule has 3 rings (SSSR count). The van der Waals surface area contributed by atoms with E-state index in [1.54, 1.807) is 6.20 Å². The zero-order valence-electron chi connectivity index (χ0n) is 9.50. The van der Waals surface area contributed by atoms with Crippen molar-refractivity contribution in [3.05, 3.63) is 34.8 Å². The Kier molecular flexibility index (Phi) is 3.09. The minimum Gasteiger partial charge on any atom is -0.486 e. The van der Waals surface area contributed by atoms with Crippen molar-refractivity contribution >= 4 is 11.5 Å². The van der Waals surface area contributed by atoms with Gasteiger partial charge >= 0.3 is 0 Å². The molecule has 1 aliphatic rings. The SMILES string of the molecule is NNC(c1ccc2c(c1)OCCO2)c1cnns1. The van der Waals surface area contributed by atoms with Crippen LogP contribution in [0.5, 0.6) is 11.5 Å². The predicted octanol–water partition coefficient (Wildman–Crippen LogP) is 0.862. The molecule has 94 valence electrons. The van der Waals surface area contributed by atoms with Crippen LogP contribution >= 0.6 is 11.5 Å². The fraction of sp³-hybridized carbons (Fsp3) is 0.273. The lowest BCUT2D eigenvalue weighted by Gasteiger charge is -2.21. The second-order valence-corrected chi connectivity index (χ2v) is 4.64. The minimum atomic E-state index is -0.138. The highest BCUT2D eigenvalue weighted by Crippen LogP contribution is 2.34. The number of hydrogen-bond acceptors (Lipinski definition) is 7. The molecule has 1 aromatic carbocycles. The van der Waals surface area contributed by atoms with Gasteiger partial charge in [0.25, 0.3) is 0 Å². The molecule has 6 nitrogen and oxygen atoms in total. The summed E-state index contributed by atoms with van der Waals surface area (Å²) in [4.78, 5) is 0.953. The zero-order valence-corrected chi connectivity index (χ0v) is 10.3. The summed E-state index contributed by atoms with van der Waals surface area (Å²) in [7, 11) is 0. The number of hydrazine groups is 1. The van der Waals surface area contributed by atoms with Crippen LogP contribution in [0.4, 0.5) is 0 Å². The summed E-state index contributed by atoms with van der Waals surface area (Å²) in [6.45, 7) is 1.16. The molecular formula is C11H12N4O2S. The van der Waals surface area contributed by atoms with Crippen LogP contribution in [0.2, 0.25) is 0 Å². The molecule has 2 aromatic rings. The average Bonchev–Trinajstić information content (AvgIpc) is 2.93. The Morgan fingerprint density at radius 3 is 2.83 bits per heavy atom. The second kappa shape index (κ2) is 4.89. The maximum Gasteiger partial charge on any atom is 0.161 e. The van der Waals surface area contributed by atoms with E-state index in [1.807, 2.05) is 18.2 Å². The van der Waals surface area contributed by atoms with E-state index >= 15 is 0 Å². The van der Waals surface area contributed by atoms with E-state index in [0.717, 1.165) is 21.9 Å². The number of hydrogen-bond donors (Lipinski definition) is 2. The maximum atomic E-state index is 5.60. The molecule has 1 aromatic heterocycles. The fourth-order valence-corrected chi connectivity index (χ4v) is 2.48. The van der Waals surface area contributed by atoms with Gasteiger partial charge in [-0.15, -0.1) is 5.10 Å². The molecule has 1 atom stereocenters. The molecule has 0 saturated carbocycles. The van der Waals surface area contributed by atoms with Gasteiger partial charge in [-0.1, -0.05) is 10.6 Å². The monoisotopic (exact) mass is 264 g/mol. The summed E-state index contributed by atoms with van der Waals surface area (Å²) < 4.78 is 14.9. The van der Waals surface area contributed by atoms with Crippen molar-refractivity contribution in [2.75, 3.05) is 13.2 Å². The van der Waals surface area contributed by atoms with Crippen LogP contribution in [0.3, 0.4) is 0 Å². The maximum absolute atomic E-state index is 5.60. The lowest BCUT2D eigenvalue weighted by molar-refractivity contribution is 0.171. The molecule has 1 aliphatic heterocycles. The first-order chi connectivity index (χ1) is 8.88. The molecule has 0 aliphatic carbocycles. The van der Waals surface area contributed by atoms with E-state index in [4.69, 9.17) is 15.3 Å². The smallest absolute Gasteiger partial charge is 0.161 e.